The van der Waals surface area contributed by atoms with Crippen LogP contribution in [0.15, 0.2) is 35.5 Å². The number of piperazine rings is 1. The van der Waals surface area contributed by atoms with Crippen LogP contribution in [0.5, 0.6) is 5.75 Å². The number of ether oxygens (including phenoxy) is 1. The number of aliphatic imine (C=N–C) groups is 1. The maximum absolute atomic E-state index is 6.66. The molecule has 174 valence electrons. The lowest BCUT2D eigenvalue weighted by Crippen LogP contribution is -2.46. The summed E-state index contributed by atoms with van der Waals surface area (Å²) in [6, 6.07) is 8.55. The zero-order valence-corrected chi connectivity index (χ0v) is 19.4. The number of methoxy groups -OCH3 is 1. The summed E-state index contributed by atoms with van der Waals surface area (Å²) in [6.45, 7) is 8.90. The van der Waals surface area contributed by atoms with Crippen LogP contribution in [-0.4, -0.2) is 60.2 Å². The second-order valence-corrected chi connectivity index (χ2v) is 8.70. The van der Waals surface area contributed by atoms with Gasteiger partial charge in [-0.05, 0) is 24.1 Å². The molecule has 8 nitrogen and oxygen atoms in total. The molecule has 1 aromatic carbocycles. The van der Waals surface area contributed by atoms with Crippen molar-refractivity contribution in [3.8, 4) is 5.75 Å². The van der Waals surface area contributed by atoms with Crippen LogP contribution < -0.4 is 21.5 Å². The van der Waals surface area contributed by atoms with Crippen LogP contribution in [-0.2, 0) is 13.1 Å². The Morgan fingerprint density at radius 1 is 1.16 bits per heavy atom. The third kappa shape index (κ3) is 4.92. The lowest BCUT2D eigenvalue weighted by atomic mass is 10.1. The van der Waals surface area contributed by atoms with E-state index in [-0.39, 0.29) is 6.17 Å². The van der Waals surface area contributed by atoms with E-state index in [0.717, 1.165) is 81.2 Å². The second-order valence-electron chi connectivity index (χ2n) is 8.70. The summed E-state index contributed by atoms with van der Waals surface area (Å²) in [5.41, 5.74) is 17.2. The fourth-order valence-electron chi connectivity index (χ4n) is 4.62. The molecule has 3 heterocycles. The standard InChI is InChI=1S/C24H37N7O/c1-3-4-5-11-31-23(25)22-20(28-24(31)26)8-12-30(22)17-19-7-6-18(15-21(19)32-2)16-29-13-9-27-10-14-29/h6-8,12,15,23,27H,3-5,9-11,13-14,16-17,25H2,1-2H3,(H2,26,28). The minimum Gasteiger partial charge on any atom is -0.496 e. The van der Waals surface area contributed by atoms with E-state index >= 15 is 0 Å². The number of unbranched alkanes of at least 4 members (excludes halogenated alkanes) is 2. The van der Waals surface area contributed by atoms with Gasteiger partial charge in [0.1, 0.15) is 11.9 Å². The highest BCUT2D eigenvalue weighted by Gasteiger charge is 2.28. The van der Waals surface area contributed by atoms with Crippen molar-refractivity contribution in [1.29, 1.82) is 0 Å². The van der Waals surface area contributed by atoms with Crippen molar-refractivity contribution in [3.05, 3.63) is 47.3 Å². The molecule has 0 bridgehead atoms. The molecule has 5 N–H and O–H groups in total. The fraction of sp³-hybridized carbons (Fsp3) is 0.542. The predicted molar refractivity (Wildman–Crippen MR) is 129 cm³/mol. The van der Waals surface area contributed by atoms with E-state index in [0.29, 0.717) is 12.5 Å². The van der Waals surface area contributed by atoms with Gasteiger partial charge in [-0.1, -0.05) is 31.9 Å². The highest BCUT2D eigenvalue weighted by molar-refractivity contribution is 5.84. The lowest BCUT2D eigenvalue weighted by Gasteiger charge is -2.34. The molecule has 1 unspecified atom stereocenters. The Labute approximate surface area is 191 Å². The fourth-order valence-corrected chi connectivity index (χ4v) is 4.62. The van der Waals surface area contributed by atoms with Crippen molar-refractivity contribution in [3.63, 3.8) is 0 Å². The molecule has 0 amide bonds. The molecule has 1 saturated heterocycles. The van der Waals surface area contributed by atoms with Gasteiger partial charge in [0.25, 0.3) is 0 Å². The Hall–Kier alpha value is -2.55. The molecule has 0 saturated carbocycles. The van der Waals surface area contributed by atoms with E-state index in [1.54, 1.807) is 7.11 Å². The smallest absolute Gasteiger partial charge is 0.198 e. The number of rotatable bonds is 9. The van der Waals surface area contributed by atoms with Crippen molar-refractivity contribution >= 4 is 11.6 Å². The topological polar surface area (TPSA) is 97.1 Å². The third-order valence-corrected chi connectivity index (χ3v) is 6.44. The first-order chi connectivity index (χ1) is 15.6. The minimum atomic E-state index is -0.299. The van der Waals surface area contributed by atoms with Crippen LogP contribution in [0.1, 0.15) is 49.2 Å². The molecule has 2 aromatic rings. The summed E-state index contributed by atoms with van der Waals surface area (Å²) >= 11 is 0. The molecule has 0 aliphatic carbocycles. The molecule has 1 fully saturated rings. The van der Waals surface area contributed by atoms with Gasteiger partial charge in [-0.2, -0.15) is 0 Å². The van der Waals surface area contributed by atoms with Gasteiger partial charge in [-0.25, -0.2) is 4.99 Å². The molecular weight excluding hydrogens is 402 g/mol. The first-order valence-corrected chi connectivity index (χ1v) is 11.7. The molecule has 1 aromatic heterocycles. The normalized spacial score (nSPS) is 19.0. The number of fused-ring (bicyclic) bond motifs is 1. The summed E-state index contributed by atoms with van der Waals surface area (Å²) in [5.74, 6) is 1.42. The van der Waals surface area contributed by atoms with Crippen LogP contribution in [0.4, 0.5) is 5.69 Å². The van der Waals surface area contributed by atoms with Crippen molar-refractivity contribution in [2.45, 2.75) is 45.4 Å². The monoisotopic (exact) mass is 439 g/mol. The molecule has 32 heavy (non-hydrogen) atoms. The number of nitrogens with zero attached hydrogens (tertiary/aromatic N) is 4. The molecule has 8 heteroatoms. The lowest BCUT2D eigenvalue weighted by molar-refractivity contribution is 0.233. The Balaban J connectivity index is 1.51. The summed E-state index contributed by atoms with van der Waals surface area (Å²) in [7, 11) is 1.74. The van der Waals surface area contributed by atoms with Gasteiger partial charge in [0.15, 0.2) is 5.96 Å². The molecule has 2 aliphatic rings. The van der Waals surface area contributed by atoms with Crippen LogP contribution >= 0.6 is 0 Å². The number of hydrogen-bond acceptors (Lipinski definition) is 7. The van der Waals surface area contributed by atoms with E-state index < -0.39 is 0 Å². The van der Waals surface area contributed by atoms with Crippen molar-refractivity contribution in [2.75, 3.05) is 39.8 Å². The van der Waals surface area contributed by atoms with Crippen molar-refractivity contribution in [1.82, 2.24) is 19.7 Å². The second kappa shape index (κ2) is 10.4. The average Bonchev–Trinajstić information content (AvgIpc) is 3.20. The highest BCUT2D eigenvalue weighted by atomic mass is 16.5. The summed E-state index contributed by atoms with van der Waals surface area (Å²) in [6.07, 6.45) is 5.12. The molecule has 1 atom stereocenters. The molecule has 2 aliphatic heterocycles. The van der Waals surface area contributed by atoms with E-state index in [1.807, 2.05) is 17.2 Å². The van der Waals surface area contributed by atoms with E-state index in [4.69, 9.17) is 16.2 Å². The number of benzene rings is 1. The number of hydrogen-bond donors (Lipinski definition) is 3. The average molecular weight is 440 g/mol. The number of nitrogens with one attached hydrogen (secondary N) is 1. The van der Waals surface area contributed by atoms with E-state index in [1.165, 1.54) is 5.56 Å². The van der Waals surface area contributed by atoms with Gasteiger partial charge in [-0.3, -0.25) is 4.90 Å². The summed E-state index contributed by atoms with van der Waals surface area (Å²) in [4.78, 5) is 9.11. The zero-order chi connectivity index (χ0) is 22.5. The molecule has 4 rings (SSSR count). The Morgan fingerprint density at radius 3 is 2.72 bits per heavy atom. The van der Waals surface area contributed by atoms with Gasteiger partial charge in [0.05, 0.1) is 25.0 Å². The van der Waals surface area contributed by atoms with E-state index in [2.05, 4.69) is 44.9 Å². The van der Waals surface area contributed by atoms with Crippen molar-refractivity contribution in [2.24, 2.45) is 16.5 Å². The van der Waals surface area contributed by atoms with E-state index in [9.17, 15) is 0 Å². The molecule has 0 spiro atoms. The van der Waals surface area contributed by atoms with Crippen molar-refractivity contribution < 1.29 is 4.74 Å². The zero-order valence-electron chi connectivity index (χ0n) is 19.4. The third-order valence-electron chi connectivity index (χ3n) is 6.44. The van der Waals surface area contributed by atoms with Gasteiger partial charge in [-0.15, -0.1) is 0 Å². The Kier molecular flexibility index (Phi) is 7.34. The largest absolute Gasteiger partial charge is 0.496 e. The van der Waals surface area contributed by atoms with Gasteiger partial charge in [0.2, 0.25) is 0 Å². The molecule has 0 radical (unpaired) electrons. The van der Waals surface area contributed by atoms with Gasteiger partial charge >= 0.3 is 0 Å². The first-order valence-electron chi connectivity index (χ1n) is 11.7. The maximum atomic E-state index is 6.66. The number of guanidine groups is 1. The van der Waals surface area contributed by atoms with Crippen LogP contribution in [0, 0.1) is 0 Å². The quantitative estimate of drug-likeness (QED) is 0.519. The Morgan fingerprint density at radius 2 is 1.97 bits per heavy atom. The van der Waals surface area contributed by atoms with Crippen LogP contribution in [0.25, 0.3) is 0 Å². The SMILES string of the molecule is CCCCCN1C(N)=Nc2ccn(Cc3ccc(CN4CCNCC4)cc3OC)c2C1N. The number of aromatic nitrogens is 1. The first kappa shape index (κ1) is 22.6. The maximum Gasteiger partial charge on any atom is 0.198 e. The summed E-state index contributed by atoms with van der Waals surface area (Å²) < 4.78 is 7.94. The van der Waals surface area contributed by atoms with Crippen LogP contribution in [0.3, 0.4) is 0 Å². The Bertz CT molecular complexity index is 932. The predicted octanol–water partition coefficient (Wildman–Crippen LogP) is 2.36. The van der Waals surface area contributed by atoms with Crippen LogP contribution in [0.2, 0.25) is 0 Å². The minimum absolute atomic E-state index is 0.299. The van der Waals surface area contributed by atoms with Gasteiger partial charge < -0.3 is 31.0 Å². The molecular formula is C24H37N7O. The van der Waals surface area contributed by atoms with Gasteiger partial charge in [0, 0.05) is 51.0 Å². The highest BCUT2D eigenvalue weighted by Crippen LogP contribution is 2.34. The number of nitrogens with two attached hydrogens (primary N) is 2. The summed E-state index contributed by atoms with van der Waals surface area (Å²) in [5, 5.41) is 3.41.